The third-order valence-electron chi connectivity index (χ3n) is 4.43. The van der Waals surface area contributed by atoms with Crippen molar-refractivity contribution in [2.75, 3.05) is 32.6 Å². The van der Waals surface area contributed by atoms with Gasteiger partial charge in [0.1, 0.15) is 11.6 Å². The van der Waals surface area contributed by atoms with Gasteiger partial charge in [-0.05, 0) is 41.8 Å². The number of methoxy groups -OCH3 is 2. The Kier molecular flexibility index (Phi) is 5.25. The van der Waals surface area contributed by atoms with E-state index in [2.05, 4.69) is 5.32 Å². The van der Waals surface area contributed by atoms with Crippen LogP contribution in [0.1, 0.15) is 11.1 Å². The molecule has 0 saturated heterocycles. The van der Waals surface area contributed by atoms with E-state index < -0.39 is 11.6 Å². The number of carbonyl (C=O) groups excluding carboxylic acids is 1. The van der Waals surface area contributed by atoms with Gasteiger partial charge in [-0.1, -0.05) is 0 Å². The summed E-state index contributed by atoms with van der Waals surface area (Å²) in [6.45, 7) is 0.947. The molecular formula is C19H20F2N2O3. The van der Waals surface area contributed by atoms with E-state index in [0.717, 1.165) is 23.3 Å². The molecule has 1 amide bonds. The molecule has 0 fully saturated rings. The van der Waals surface area contributed by atoms with E-state index in [1.807, 2.05) is 12.1 Å². The monoisotopic (exact) mass is 362 g/mol. The van der Waals surface area contributed by atoms with Crippen molar-refractivity contribution in [2.45, 2.75) is 13.0 Å². The Morgan fingerprint density at radius 1 is 1.12 bits per heavy atom. The Labute approximate surface area is 150 Å². The van der Waals surface area contributed by atoms with Crippen LogP contribution in [0.5, 0.6) is 11.5 Å². The van der Waals surface area contributed by atoms with Gasteiger partial charge in [-0.2, -0.15) is 0 Å². The van der Waals surface area contributed by atoms with E-state index in [4.69, 9.17) is 9.47 Å². The quantitative estimate of drug-likeness (QED) is 0.889. The Bertz CT molecular complexity index is 827. The van der Waals surface area contributed by atoms with Crippen molar-refractivity contribution in [1.29, 1.82) is 0 Å². The van der Waals surface area contributed by atoms with Crippen LogP contribution in [0.25, 0.3) is 0 Å². The minimum Gasteiger partial charge on any atom is -0.493 e. The van der Waals surface area contributed by atoms with Gasteiger partial charge >= 0.3 is 0 Å². The van der Waals surface area contributed by atoms with Crippen molar-refractivity contribution in [2.24, 2.45) is 0 Å². The number of anilines is 1. The smallest absolute Gasteiger partial charge is 0.242 e. The van der Waals surface area contributed by atoms with Gasteiger partial charge in [0.15, 0.2) is 11.5 Å². The average Bonchev–Trinajstić information content (AvgIpc) is 2.65. The molecule has 0 aromatic heterocycles. The molecule has 0 atom stereocenters. The molecule has 5 nitrogen and oxygen atoms in total. The summed E-state index contributed by atoms with van der Waals surface area (Å²) in [6.07, 6.45) is 0.701. The van der Waals surface area contributed by atoms with Crippen molar-refractivity contribution < 1.29 is 23.0 Å². The number of fused-ring (bicyclic) bond motifs is 1. The lowest BCUT2D eigenvalue weighted by atomic mass is 9.98. The summed E-state index contributed by atoms with van der Waals surface area (Å²) in [5, 5.41) is 2.72. The first-order valence-corrected chi connectivity index (χ1v) is 8.22. The van der Waals surface area contributed by atoms with Crippen LogP contribution in [-0.2, 0) is 17.8 Å². The lowest BCUT2D eigenvalue weighted by Crippen LogP contribution is -2.39. The van der Waals surface area contributed by atoms with E-state index >= 15 is 0 Å². The second kappa shape index (κ2) is 7.59. The maximum atomic E-state index is 13.6. The molecule has 3 rings (SSSR count). The number of benzene rings is 2. The predicted octanol–water partition coefficient (Wildman–Crippen LogP) is 2.98. The first-order valence-electron chi connectivity index (χ1n) is 8.22. The lowest BCUT2D eigenvalue weighted by molar-refractivity contribution is -0.130. The summed E-state index contributed by atoms with van der Waals surface area (Å²) < 4.78 is 37.2. The number of rotatable bonds is 5. The summed E-state index contributed by atoms with van der Waals surface area (Å²) in [5.41, 5.74) is 2.21. The number of hydrogen-bond donors (Lipinski definition) is 1. The van der Waals surface area contributed by atoms with Gasteiger partial charge in [0, 0.05) is 19.2 Å². The molecule has 0 radical (unpaired) electrons. The second-order valence-corrected chi connectivity index (χ2v) is 6.02. The molecule has 7 heteroatoms. The van der Waals surface area contributed by atoms with Crippen molar-refractivity contribution in [3.8, 4) is 11.5 Å². The number of halogens is 2. The molecule has 1 heterocycles. The van der Waals surface area contributed by atoms with Gasteiger partial charge in [-0.3, -0.25) is 4.79 Å². The molecule has 0 aliphatic carbocycles. The van der Waals surface area contributed by atoms with Crippen LogP contribution in [0.3, 0.4) is 0 Å². The summed E-state index contributed by atoms with van der Waals surface area (Å²) in [7, 11) is 3.15. The highest BCUT2D eigenvalue weighted by molar-refractivity contribution is 5.81. The Hall–Kier alpha value is -2.83. The van der Waals surface area contributed by atoms with E-state index in [9.17, 15) is 13.6 Å². The van der Waals surface area contributed by atoms with Gasteiger partial charge in [0.25, 0.3) is 0 Å². The fourth-order valence-corrected chi connectivity index (χ4v) is 3.01. The maximum Gasteiger partial charge on any atom is 0.242 e. The first kappa shape index (κ1) is 18.0. The van der Waals surface area contributed by atoms with Crippen LogP contribution >= 0.6 is 0 Å². The van der Waals surface area contributed by atoms with Crippen molar-refractivity contribution in [1.82, 2.24) is 4.90 Å². The molecule has 0 saturated carbocycles. The molecule has 1 N–H and O–H groups in total. The Morgan fingerprint density at radius 3 is 2.46 bits per heavy atom. The Balaban J connectivity index is 1.67. The Morgan fingerprint density at radius 2 is 1.81 bits per heavy atom. The summed E-state index contributed by atoms with van der Waals surface area (Å²) >= 11 is 0. The number of nitrogens with zero attached hydrogens (tertiary/aromatic N) is 1. The van der Waals surface area contributed by atoms with Crippen LogP contribution in [0, 0.1) is 11.6 Å². The molecule has 0 bridgehead atoms. The largest absolute Gasteiger partial charge is 0.493 e. The topological polar surface area (TPSA) is 50.8 Å². The number of hydrogen-bond acceptors (Lipinski definition) is 4. The highest BCUT2D eigenvalue weighted by Gasteiger charge is 2.22. The normalized spacial score (nSPS) is 13.2. The van der Waals surface area contributed by atoms with Gasteiger partial charge in [0.05, 0.1) is 26.5 Å². The molecule has 138 valence electrons. The highest BCUT2D eigenvalue weighted by atomic mass is 19.1. The second-order valence-electron chi connectivity index (χ2n) is 6.02. The molecule has 0 unspecified atom stereocenters. The van der Waals surface area contributed by atoms with Crippen LogP contribution in [0.15, 0.2) is 30.3 Å². The number of amides is 1. The first-order chi connectivity index (χ1) is 12.5. The minimum atomic E-state index is -0.723. The molecule has 0 spiro atoms. The van der Waals surface area contributed by atoms with Crippen LogP contribution in [0.4, 0.5) is 14.5 Å². The van der Waals surface area contributed by atoms with Crippen LogP contribution in [0.2, 0.25) is 0 Å². The lowest BCUT2D eigenvalue weighted by Gasteiger charge is -2.30. The van der Waals surface area contributed by atoms with Gasteiger partial charge in [-0.25, -0.2) is 8.78 Å². The summed E-state index contributed by atoms with van der Waals surface area (Å²) in [4.78, 5) is 14.1. The van der Waals surface area contributed by atoms with Crippen LogP contribution < -0.4 is 14.8 Å². The third-order valence-corrected chi connectivity index (χ3v) is 4.43. The third kappa shape index (κ3) is 3.71. The van der Waals surface area contributed by atoms with Crippen molar-refractivity contribution in [3.63, 3.8) is 0 Å². The standard InChI is InChI=1S/C19H20F2N2O3/c1-25-17-7-12-5-6-23(11-13(12)8-18(17)26-2)19(24)10-22-16-4-3-14(20)9-15(16)21/h3-4,7-9,22H,5-6,10-11H2,1-2H3. The zero-order valence-corrected chi connectivity index (χ0v) is 14.6. The molecule has 2 aromatic rings. The number of carbonyl (C=O) groups is 1. The van der Waals surface area contributed by atoms with Gasteiger partial charge < -0.3 is 19.7 Å². The zero-order chi connectivity index (χ0) is 18.7. The molecular weight excluding hydrogens is 342 g/mol. The maximum absolute atomic E-state index is 13.6. The fourth-order valence-electron chi connectivity index (χ4n) is 3.01. The van der Waals surface area contributed by atoms with Crippen LogP contribution in [-0.4, -0.2) is 38.1 Å². The molecule has 2 aromatic carbocycles. The highest BCUT2D eigenvalue weighted by Crippen LogP contribution is 2.33. The summed E-state index contributed by atoms with van der Waals surface area (Å²) in [5.74, 6) is -0.254. The molecule has 26 heavy (non-hydrogen) atoms. The van der Waals surface area contributed by atoms with Gasteiger partial charge in [-0.15, -0.1) is 0 Å². The number of nitrogens with one attached hydrogen (secondary N) is 1. The van der Waals surface area contributed by atoms with E-state index in [0.29, 0.717) is 31.0 Å². The van der Waals surface area contributed by atoms with Crippen molar-refractivity contribution >= 4 is 11.6 Å². The van der Waals surface area contributed by atoms with E-state index in [1.165, 1.54) is 6.07 Å². The van der Waals surface area contributed by atoms with Crippen molar-refractivity contribution in [3.05, 3.63) is 53.1 Å². The van der Waals surface area contributed by atoms with Gasteiger partial charge in [0.2, 0.25) is 5.91 Å². The number of ether oxygens (including phenoxy) is 2. The fraction of sp³-hybridized carbons (Fsp3) is 0.316. The summed E-state index contributed by atoms with van der Waals surface area (Å²) in [6, 6.07) is 7.01. The SMILES string of the molecule is COc1cc2c(cc1OC)CN(C(=O)CNc1ccc(F)cc1F)CC2. The molecule has 1 aliphatic heterocycles. The molecule has 1 aliphatic rings. The van der Waals surface area contributed by atoms with E-state index in [-0.39, 0.29) is 18.1 Å². The minimum absolute atomic E-state index is 0.0643. The van der Waals surface area contributed by atoms with E-state index in [1.54, 1.807) is 19.1 Å². The average molecular weight is 362 g/mol. The zero-order valence-electron chi connectivity index (χ0n) is 14.6. The predicted molar refractivity (Wildman–Crippen MR) is 93.5 cm³/mol.